The van der Waals surface area contributed by atoms with Crippen molar-refractivity contribution in [2.75, 3.05) is 25.0 Å². The highest BCUT2D eigenvalue weighted by molar-refractivity contribution is 5.79. The SMILES string of the molecule is CCCCN(C)c1nc2cc(F)ccc2n1CCN. The molecule has 0 spiro atoms. The number of nitrogens with two attached hydrogens (primary N) is 1. The highest BCUT2D eigenvalue weighted by atomic mass is 19.1. The summed E-state index contributed by atoms with van der Waals surface area (Å²) in [4.78, 5) is 6.65. The average molecular weight is 264 g/mol. The fourth-order valence-corrected chi connectivity index (χ4v) is 2.23. The van der Waals surface area contributed by atoms with Crippen LogP contribution in [-0.4, -0.2) is 29.7 Å². The topological polar surface area (TPSA) is 47.1 Å². The zero-order valence-electron chi connectivity index (χ0n) is 11.6. The standard InChI is InChI=1S/C14H21FN4/c1-3-4-8-18(2)14-17-12-10-11(15)5-6-13(12)19(14)9-7-16/h5-6,10H,3-4,7-9,16H2,1-2H3. The molecule has 1 aromatic carbocycles. The molecule has 0 saturated heterocycles. The van der Waals surface area contributed by atoms with Crippen molar-refractivity contribution < 1.29 is 4.39 Å². The third kappa shape index (κ3) is 2.87. The minimum atomic E-state index is -0.257. The van der Waals surface area contributed by atoms with Gasteiger partial charge in [-0.1, -0.05) is 13.3 Å². The normalized spacial score (nSPS) is 11.2. The second-order valence-electron chi connectivity index (χ2n) is 4.76. The summed E-state index contributed by atoms with van der Waals surface area (Å²) in [5.41, 5.74) is 7.29. The van der Waals surface area contributed by atoms with Crippen molar-refractivity contribution in [2.45, 2.75) is 26.3 Å². The summed E-state index contributed by atoms with van der Waals surface area (Å²) in [5.74, 6) is 0.604. The monoisotopic (exact) mass is 264 g/mol. The van der Waals surface area contributed by atoms with E-state index in [1.165, 1.54) is 12.1 Å². The predicted molar refractivity (Wildman–Crippen MR) is 76.9 cm³/mol. The van der Waals surface area contributed by atoms with Gasteiger partial charge in [0.2, 0.25) is 5.95 Å². The summed E-state index contributed by atoms with van der Waals surface area (Å²) in [7, 11) is 2.01. The Morgan fingerprint density at radius 1 is 1.42 bits per heavy atom. The Bertz CT molecular complexity index is 550. The predicted octanol–water partition coefficient (Wildman–Crippen LogP) is 2.37. The molecule has 5 heteroatoms. The maximum absolute atomic E-state index is 13.3. The first kappa shape index (κ1) is 13.8. The lowest BCUT2D eigenvalue weighted by Crippen LogP contribution is -2.24. The van der Waals surface area contributed by atoms with E-state index in [-0.39, 0.29) is 5.82 Å². The van der Waals surface area contributed by atoms with Crippen molar-refractivity contribution in [3.63, 3.8) is 0 Å². The number of imidazole rings is 1. The van der Waals surface area contributed by atoms with Crippen molar-refractivity contribution in [1.82, 2.24) is 9.55 Å². The number of hydrogen-bond acceptors (Lipinski definition) is 3. The summed E-state index contributed by atoms with van der Waals surface area (Å²) in [6.07, 6.45) is 2.24. The van der Waals surface area contributed by atoms with E-state index >= 15 is 0 Å². The van der Waals surface area contributed by atoms with Crippen LogP contribution >= 0.6 is 0 Å². The molecular formula is C14H21FN4. The summed E-state index contributed by atoms with van der Waals surface area (Å²) in [5, 5.41) is 0. The van der Waals surface area contributed by atoms with Gasteiger partial charge in [-0.3, -0.25) is 0 Å². The lowest BCUT2D eigenvalue weighted by molar-refractivity contribution is 0.629. The van der Waals surface area contributed by atoms with Crippen LogP contribution in [0.5, 0.6) is 0 Å². The molecule has 0 fully saturated rings. The molecule has 0 radical (unpaired) electrons. The smallest absolute Gasteiger partial charge is 0.206 e. The minimum Gasteiger partial charge on any atom is -0.345 e. The second kappa shape index (κ2) is 6.02. The zero-order valence-corrected chi connectivity index (χ0v) is 11.6. The largest absolute Gasteiger partial charge is 0.345 e. The van der Waals surface area contributed by atoms with Gasteiger partial charge in [-0.2, -0.15) is 0 Å². The first-order chi connectivity index (χ1) is 9.17. The Kier molecular flexibility index (Phi) is 4.37. The maximum atomic E-state index is 13.3. The highest BCUT2D eigenvalue weighted by Gasteiger charge is 2.14. The Labute approximate surface area is 113 Å². The highest BCUT2D eigenvalue weighted by Crippen LogP contribution is 2.22. The van der Waals surface area contributed by atoms with Crippen LogP contribution < -0.4 is 10.6 Å². The molecule has 19 heavy (non-hydrogen) atoms. The minimum absolute atomic E-state index is 0.257. The summed E-state index contributed by atoms with van der Waals surface area (Å²) < 4.78 is 15.3. The van der Waals surface area contributed by atoms with E-state index in [1.54, 1.807) is 6.07 Å². The quantitative estimate of drug-likeness (QED) is 0.871. The van der Waals surface area contributed by atoms with Crippen molar-refractivity contribution in [3.8, 4) is 0 Å². The fourth-order valence-electron chi connectivity index (χ4n) is 2.23. The Balaban J connectivity index is 2.43. The molecule has 4 nitrogen and oxygen atoms in total. The van der Waals surface area contributed by atoms with Crippen molar-refractivity contribution >= 4 is 17.0 Å². The molecular weight excluding hydrogens is 243 g/mol. The van der Waals surface area contributed by atoms with Crippen molar-refractivity contribution in [2.24, 2.45) is 5.73 Å². The van der Waals surface area contributed by atoms with Crippen LogP contribution in [0.4, 0.5) is 10.3 Å². The molecule has 0 unspecified atom stereocenters. The molecule has 0 saturated carbocycles. The molecule has 0 aliphatic carbocycles. The first-order valence-corrected chi connectivity index (χ1v) is 6.74. The van der Waals surface area contributed by atoms with Crippen LogP contribution in [0.3, 0.4) is 0 Å². The molecule has 1 heterocycles. The number of nitrogens with zero attached hydrogens (tertiary/aromatic N) is 3. The molecule has 0 bridgehead atoms. The van der Waals surface area contributed by atoms with Gasteiger partial charge >= 0.3 is 0 Å². The van der Waals surface area contributed by atoms with Crippen LogP contribution in [-0.2, 0) is 6.54 Å². The van der Waals surface area contributed by atoms with E-state index in [2.05, 4.69) is 21.4 Å². The molecule has 0 atom stereocenters. The number of aromatic nitrogens is 2. The Hall–Kier alpha value is -1.62. The second-order valence-corrected chi connectivity index (χ2v) is 4.76. The molecule has 0 aliphatic heterocycles. The fraction of sp³-hybridized carbons (Fsp3) is 0.500. The van der Waals surface area contributed by atoms with Gasteiger partial charge in [-0.15, -0.1) is 0 Å². The van der Waals surface area contributed by atoms with E-state index in [0.29, 0.717) is 18.6 Å². The van der Waals surface area contributed by atoms with E-state index in [1.807, 2.05) is 7.05 Å². The van der Waals surface area contributed by atoms with E-state index in [4.69, 9.17) is 5.73 Å². The third-order valence-corrected chi connectivity index (χ3v) is 3.23. The maximum Gasteiger partial charge on any atom is 0.206 e. The molecule has 1 aromatic heterocycles. The summed E-state index contributed by atoms with van der Waals surface area (Å²) in [6, 6.07) is 4.71. The molecule has 2 aromatic rings. The number of benzene rings is 1. The number of fused-ring (bicyclic) bond motifs is 1. The van der Waals surface area contributed by atoms with E-state index in [9.17, 15) is 4.39 Å². The molecule has 0 amide bonds. The Morgan fingerprint density at radius 2 is 2.21 bits per heavy atom. The van der Waals surface area contributed by atoms with E-state index in [0.717, 1.165) is 30.9 Å². The summed E-state index contributed by atoms with van der Waals surface area (Å²) in [6.45, 7) is 4.32. The van der Waals surface area contributed by atoms with Gasteiger partial charge in [0.25, 0.3) is 0 Å². The number of anilines is 1. The van der Waals surface area contributed by atoms with Crippen LogP contribution in [0.15, 0.2) is 18.2 Å². The van der Waals surface area contributed by atoms with Crippen molar-refractivity contribution in [1.29, 1.82) is 0 Å². The van der Waals surface area contributed by atoms with Gasteiger partial charge in [0, 0.05) is 32.7 Å². The lowest BCUT2D eigenvalue weighted by atomic mass is 10.3. The average Bonchev–Trinajstić information content (AvgIpc) is 2.74. The van der Waals surface area contributed by atoms with Gasteiger partial charge in [-0.25, -0.2) is 9.37 Å². The van der Waals surface area contributed by atoms with Crippen LogP contribution in [0.1, 0.15) is 19.8 Å². The third-order valence-electron chi connectivity index (χ3n) is 3.23. The number of unbranched alkanes of at least 4 members (excludes halogenated alkanes) is 1. The number of halogens is 1. The molecule has 2 N–H and O–H groups in total. The molecule has 2 rings (SSSR count). The van der Waals surface area contributed by atoms with Crippen LogP contribution in [0.25, 0.3) is 11.0 Å². The van der Waals surface area contributed by atoms with Crippen LogP contribution in [0, 0.1) is 5.82 Å². The summed E-state index contributed by atoms with van der Waals surface area (Å²) >= 11 is 0. The zero-order chi connectivity index (χ0) is 13.8. The van der Waals surface area contributed by atoms with Gasteiger partial charge in [0.05, 0.1) is 11.0 Å². The van der Waals surface area contributed by atoms with Gasteiger partial charge in [0.15, 0.2) is 0 Å². The number of hydrogen-bond donors (Lipinski definition) is 1. The van der Waals surface area contributed by atoms with Gasteiger partial charge in [0.1, 0.15) is 5.82 Å². The lowest BCUT2D eigenvalue weighted by Gasteiger charge is -2.19. The molecule has 104 valence electrons. The van der Waals surface area contributed by atoms with Gasteiger partial charge < -0.3 is 15.2 Å². The Morgan fingerprint density at radius 3 is 2.89 bits per heavy atom. The van der Waals surface area contributed by atoms with E-state index < -0.39 is 0 Å². The van der Waals surface area contributed by atoms with Crippen molar-refractivity contribution in [3.05, 3.63) is 24.0 Å². The molecule has 0 aliphatic rings. The van der Waals surface area contributed by atoms with Gasteiger partial charge in [-0.05, 0) is 18.6 Å². The number of rotatable bonds is 6. The van der Waals surface area contributed by atoms with Crippen LogP contribution in [0.2, 0.25) is 0 Å². The first-order valence-electron chi connectivity index (χ1n) is 6.74.